The second kappa shape index (κ2) is 6.58. The molecular formula is C14H16Cl2FNO. The number of rotatable bonds is 2. The first-order chi connectivity index (χ1) is 9.09. The van der Waals surface area contributed by atoms with Crippen molar-refractivity contribution in [2.75, 3.05) is 13.1 Å². The maximum Gasteiger partial charge on any atom is 0.245 e. The summed E-state index contributed by atoms with van der Waals surface area (Å²) in [5.74, 6) is -0.750. The first kappa shape index (κ1) is 14.6. The predicted octanol–water partition coefficient (Wildman–Crippen LogP) is 4.16. The van der Waals surface area contributed by atoms with Gasteiger partial charge in [-0.05, 0) is 25.0 Å². The molecule has 1 aliphatic rings. The average molecular weight is 304 g/mol. The van der Waals surface area contributed by atoms with Crippen molar-refractivity contribution in [3.63, 3.8) is 0 Å². The van der Waals surface area contributed by atoms with Crippen molar-refractivity contribution < 1.29 is 9.18 Å². The standard InChI is InChI=1S/C14H16Cl2FNO/c15-10-5-6-11(12(17)9-10)13(16)14(19)18-7-3-1-2-4-8-18/h5-6,9,13H,1-4,7-8H2. The van der Waals surface area contributed by atoms with Gasteiger partial charge in [-0.25, -0.2) is 4.39 Å². The highest BCUT2D eigenvalue weighted by Gasteiger charge is 2.26. The zero-order chi connectivity index (χ0) is 13.8. The van der Waals surface area contributed by atoms with Gasteiger partial charge in [-0.2, -0.15) is 0 Å². The number of hydrogen-bond donors (Lipinski definition) is 0. The van der Waals surface area contributed by atoms with Gasteiger partial charge < -0.3 is 4.90 Å². The van der Waals surface area contributed by atoms with E-state index >= 15 is 0 Å². The molecule has 0 spiro atoms. The molecule has 19 heavy (non-hydrogen) atoms. The quantitative estimate of drug-likeness (QED) is 0.751. The number of alkyl halides is 1. The molecule has 0 saturated carbocycles. The van der Waals surface area contributed by atoms with Gasteiger partial charge in [0.05, 0.1) is 0 Å². The summed E-state index contributed by atoms with van der Waals surface area (Å²) in [6, 6.07) is 4.21. The van der Waals surface area contributed by atoms with Crippen molar-refractivity contribution in [1.82, 2.24) is 4.90 Å². The predicted molar refractivity (Wildman–Crippen MR) is 75.1 cm³/mol. The molecule has 1 aromatic rings. The Hall–Kier alpha value is -0.800. The Kier molecular flexibility index (Phi) is 5.06. The van der Waals surface area contributed by atoms with E-state index in [4.69, 9.17) is 23.2 Å². The normalized spacial score (nSPS) is 17.9. The molecule has 1 aromatic carbocycles. The van der Waals surface area contributed by atoms with E-state index in [1.165, 1.54) is 12.1 Å². The Labute approximate surface area is 122 Å². The van der Waals surface area contributed by atoms with Crippen LogP contribution >= 0.6 is 23.2 Å². The fourth-order valence-electron chi connectivity index (χ4n) is 2.29. The first-order valence-corrected chi connectivity index (χ1v) is 7.29. The van der Waals surface area contributed by atoms with Crippen molar-refractivity contribution in [2.24, 2.45) is 0 Å². The molecule has 1 saturated heterocycles. The number of halogens is 3. The maximum atomic E-state index is 13.8. The lowest BCUT2D eigenvalue weighted by Gasteiger charge is -2.23. The molecule has 2 rings (SSSR count). The van der Waals surface area contributed by atoms with Crippen LogP contribution in [0.3, 0.4) is 0 Å². The number of carbonyl (C=O) groups is 1. The Morgan fingerprint density at radius 2 is 1.84 bits per heavy atom. The molecule has 1 unspecified atom stereocenters. The van der Waals surface area contributed by atoms with E-state index < -0.39 is 11.2 Å². The van der Waals surface area contributed by atoms with E-state index in [9.17, 15) is 9.18 Å². The third-order valence-electron chi connectivity index (χ3n) is 3.37. The Balaban J connectivity index is 2.13. The SMILES string of the molecule is O=C(C(Cl)c1ccc(Cl)cc1F)N1CCCCCC1. The lowest BCUT2D eigenvalue weighted by atomic mass is 10.1. The van der Waals surface area contributed by atoms with Crippen LogP contribution in [0.2, 0.25) is 5.02 Å². The topological polar surface area (TPSA) is 20.3 Å². The van der Waals surface area contributed by atoms with Crippen LogP contribution in [0.5, 0.6) is 0 Å². The summed E-state index contributed by atoms with van der Waals surface area (Å²) in [4.78, 5) is 14.0. The van der Waals surface area contributed by atoms with Crippen LogP contribution in [-0.4, -0.2) is 23.9 Å². The molecule has 0 N–H and O–H groups in total. The number of nitrogens with zero attached hydrogens (tertiary/aromatic N) is 1. The van der Waals surface area contributed by atoms with Gasteiger partial charge in [-0.1, -0.05) is 30.5 Å². The number of carbonyl (C=O) groups excluding carboxylic acids is 1. The summed E-state index contributed by atoms with van der Waals surface area (Å²) in [5.41, 5.74) is 0.195. The monoisotopic (exact) mass is 303 g/mol. The first-order valence-electron chi connectivity index (χ1n) is 6.47. The Morgan fingerprint density at radius 3 is 2.42 bits per heavy atom. The van der Waals surface area contributed by atoms with Gasteiger partial charge in [-0.3, -0.25) is 4.79 Å². The van der Waals surface area contributed by atoms with Crippen LogP contribution in [0.15, 0.2) is 18.2 Å². The van der Waals surface area contributed by atoms with E-state index in [2.05, 4.69) is 0 Å². The number of amides is 1. The van der Waals surface area contributed by atoms with E-state index in [1.54, 1.807) is 11.0 Å². The Morgan fingerprint density at radius 1 is 1.21 bits per heavy atom. The van der Waals surface area contributed by atoms with Gasteiger partial charge in [0.1, 0.15) is 11.2 Å². The van der Waals surface area contributed by atoms with Crippen LogP contribution in [0.25, 0.3) is 0 Å². The third-order valence-corrected chi connectivity index (χ3v) is 4.03. The van der Waals surface area contributed by atoms with Gasteiger partial charge in [-0.15, -0.1) is 11.6 Å². The highest BCUT2D eigenvalue weighted by atomic mass is 35.5. The lowest BCUT2D eigenvalue weighted by Crippen LogP contribution is -2.34. The summed E-state index contributed by atoms with van der Waals surface area (Å²) >= 11 is 11.8. The number of hydrogen-bond acceptors (Lipinski definition) is 1. The molecule has 1 atom stereocenters. The van der Waals surface area contributed by atoms with Gasteiger partial charge in [0.15, 0.2) is 0 Å². The molecule has 1 aliphatic heterocycles. The summed E-state index contributed by atoms with van der Waals surface area (Å²) in [7, 11) is 0. The fourth-order valence-corrected chi connectivity index (χ4v) is 2.77. The van der Waals surface area contributed by atoms with Crippen LogP contribution in [0.1, 0.15) is 36.6 Å². The van der Waals surface area contributed by atoms with Crippen LogP contribution in [0.4, 0.5) is 4.39 Å². The molecule has 0 aliphatic carbocycles. The van der Waals surface area contributed by atoms with Crippen LogP contribution in [-0.2, 0) is 4.79 Å². The minimum absolute atomic E-state index is 0.195. The van der Waals surface area contributed by atoms with Crippen molar-refractivity contribution in [2.45, 2.75) is 31.1 Å². The molecule has 5 heteroatoms. The minimum Gasteiger partial charge on any atom is -0.341 e. The number of benzene rings is 1. The van der Waals surface area contributed by atoms with Crippen molar-refractivity contribution >= 4 is 29.1 Å². The summed E-state index contributed by atoms with van der Waals surface area (Å²) in [6.45, 7) is 1.41. The highest BCUT2D eigenvalue weighted by molar-refractivity contribution is 6.31. The zero-order valence-corrected chi connectivity index (χ0v) is 12.1. The van der Waals surface area contributed by atoms with E-state index in [-0.39, 0.29) is 11.5 Å². The lowest BCUT2D eigenvalue weighted by molar-refractivity contribution is -0.130. The van der Waals surface area contributed by atoms with Gasteiger partial charge >= 0.3 is 0 Å². The minimum atomic E-state index is -0.977. The second-order valence-electron chi connectivity index (χ2n) is 4.77. The molecule has 1 heterocycles. The summed E-state index contributed by atoms with van der Waals surface area (Å²) in [6.07, 6.45) is 4.23. The Bertz CT molecular complexity index is 459. The zero-order valence-electron chi connectivity index (χ0n) is 10.5. The molecule has 1 amide bonds. The van der Waals surface area contributed by atoms with Crippen LogP contribution < -0.4 is 0 Å². The second-order valence-corrected chi connectivity index (χ2v) is 5.64. The van der Waals surface area contributed by atoms with Crippen molar-refractivity contribution in [3.8, 4) is 0 Å². The molecule has 1 fully saturated rings. The largest absolute Gasteiger partial charge is 0.341 e. The average Bonchev–Trinajstić information content (AvgIpc) is 2.66. The van der Waals surface area contributed by atoms with Gasteiger partial charge in [0, 0.05) is 23.7 Å². The maximum absolute atomic E-state index is 13.8. The highest BCUT2D eigenvalue weighted by Crippen LogP contribution is 2.28. The van der Waals surface area contributed by atoms with E-state index in [0.29, 0.717) is 18.1 Å². The van der Waals surface area contributed by atoms with Gasteiger partial charge in [0.2, 0.25) is 5.91 Å². The molecule has 2 nitrogen and oxygen atoms in total. The van der Waals surface area contributed by atoms with E-state index in [1.807, 2.05) is 0 Å². The molecular weight excluding hydrogens is 288 g/mol. The smallest absolute Gasteiger partial charge is 0.245 e. The molecule has 0 radical (unpaired) electrons. The van der Waals surface area contributed by atoms with Gasteiger partial charge in [0.25, 0.3) is 0 Å². The molecule has 0 bridgehead atoms. The fraction of sp³-hybridized carbons (Fsp3) is 0.500. The van der Waals surface area contributed by atoms with Crippen molar-refractivity contribution in [1.29, 1.82) is 0 Å². The summed E-state index contributed by atoms with van der Waals surface area (Å²) < 4.78 is 13.8. The molecule has 104 valence electrons. The van der Waals surface area contributed by atoms with Crippen molar-refractivity contribution in [3.05, 3.63) is 34.6 Å². The third kappa shape index (κ3) is 3.61. The molecule has 0 aromatic heterocycles. The number of likely N-dealkylation sites (tertiary alicyclic amines) is 1. The van der Waals surface area contributed by atoms with E-state index in [0.717, 1.165) is 25.7 Å². The van der Waals surface area contributed by atoms with Crippen LogP contribution in [0, 0.1) is 5.82 Å². The summed E-state index contributed by atoms with van der Waals surface area (Å²) in [5, 5.41) is -0.678.